The Labute approximate surface area is 133 Å². The highest BCUT2D eigenvalue weighted by atomic mass is 16.5. The lowest BCUT2D eigenvalue weighted by atomic mass is 10.1. The van der Waals surface area contributed by atoms with Gasteiger partial charge in [0.2, 0.25) is 0 Å². The van der Waals surface area contributed by atoms with Crippen LogP contribution in [0.4, 0.5) is 5.69 Å². The van der Waals surface area contributed by atoms with Crippen LogP contribution >= 0.6 is 0 Å². The summed E-state index contributed by atoms with van der Waals surface area (Å²) in [5.74, 6) is 0. The zero-order chi connectivity index (χ0) is 15.9. The number of aromatic amines is 1. The van der Waals surface area contributed by atoms with Crippen molar-refractivity contribution in [3.05, 3.63) is 24.6 Å². The Kier molecular flexibility index (Phi) is 5.17. The fourth-order valence-corrected chi connectivity index (χ4v) is 2.31. The smallest absolute Gasteiger partial charge is 0.136 e. The van der Waals surface area contributed by atoms with Crippen molar-refractivity contribution in [1.29, 1.82) is 0 Å². The number of rotatable bonds is 9. The number of fused-ring (bicyclic) bond motifs is 1. The van der Waals surface area contributed by atoms with E-state index in [4.69, 9.17) is 15.0 Å². The van der Waals surface area contributed by atoms with Crippen LogP contribution in [0.1, 0.15) is 12.8 Å². The number of unbranched alkanes of at least 4 members (excludes halogenated alkanes) is 1. The first kappa shape index (κ1) is 15.4. The molecule has 0 bridgehead atoms. The van der Waals surface area contributed by atoms with Crippen LogP contribution in [-0.2, 0) is 4.74 Å². The fraction of sp³-hybridized carbons (Fsp3) is 0.400. The van der Waals surface area contributed by atoms with E-state index in [0.717, 1.165) is 47.3 Å². The summed E-state index contributed by atoms with van der Waals surface area (Å²) in [6, 6.07) is 3.95. The molecule has 0 unspecified atom stereocenters. The first-order valence-electron chi connectivity index (χ1n) is 7.64. The number of benzene rings is 1. The van der Waals surface area contributed by atoms with Crippen molar-refractivity contribution in [2.45, 2.75) is 12.8 Å². The molecule has 122 valence electrons. The minimum Gasteiger partial charge on any atom is -0.381 e. The summed E-state index contributed by atoms with van der Waals surface area (Å²) >= 11 is 0. The summed E-state index contributed by atoms with van der Waals surface area (Å²) in [5.41, 5.74) is 9.81. The van der Waals surface area contributed by atoms with Gasteiger partial charge < -0.3 is 20.3 Å². The third-order valence-corrected chi connectivity index (χ3v) is 3.49. The molecule has 0 aliphatic heterocycles. The van der Waals surface area contributed by atoms with E-state index in [0.29, 0.717) is 19.7 Å². The Hall–Kier alpha value is -2.45. The van der Waals surface area contributed by atoms with Gasteiger partial charge in [0.15, 0.2) is 0 Å². The van der Waals surface area contributed by atoms with Crippen molar-refractivity contribution in [2.75, 3.05) is 31.6 Å². The van der Waals surface area contributed by atoms with E-state index in [2.05, 4.69) is 25.9 Å². The summed E-state index contributed by atoms with van der Waals surface area (Å²) < 4.78 is 10.5. The van der Waals surface area contributed by atoms with Gasteiger partial charge in [-0.15, -0.1) is 0 Å². The third kappa shape index (κ3) is 3.85. The highest BCUT2D eigenvalue weighted by Gasteiger charge is 2.10. The van der Waals surface area contributed by atoms with Gasteiger partial charge in [0.1, 0.15) is 17.3 Å². The van der Waals surface area contributed by atoms with Gasteiger partial charge in [-0.1, -0.05) is 5.16 Å². The van der Waals surface area contributed by atoms with Gasteiger partial charge in [-0.3, -0.25) is 0 Å². The predicted molar refractivity (Wildman–Crippen MR) is 87.0 cm³/mol. The number of nitrogens with zero attached hydrogens (tertiary/aromatic N) is 3. The standard InChI is InChI=1S/C15H20N6O2/c16-3-1-2-5-22-6-4-17-13-7-11(12-9-18-23-10-12)8-14-15(13)20-21-19-14/h7-10,17H,1-6,16H2,(H,19,20,21). The monoisotopic (exact) mass is 316 g/mol. The molecule has 3 aromatic rings. The first-order chi connectivity index (χ1) is 11.4. The summed E-state index contributed by atoms with van der Waals surface area (Å²) in [6.45, 7) is 2.76. The quantitative estimate of drug-likeness (QED) is 0.515. The van der Waals surface area contributed by atoms with Gasteiger partial charge in [0, 0.05) is 18.7 Å². The Balaban J connectivity index is 1.64. The summed E-state index contributed by atoms with van der Waals surface area (Å²) in [7, 11) is 0. The SMILES string of the molecule is NCCCCOCCNc1cc(-c2cnoc2)cc2n[nH]nc12. The third-order valence-electron chi connectivity index (χ3n) is 3.49. The average Bonchev–Trinajstić information content (AvgIpc) is 3.24. The average molecular weight is 316 g/mol. The molecule has 2 aromatic heterocycles. The molecule has 0 amide bonds. The molecule has 0 saturated carbocycles. The number of nitrogens with two attached hydrogens (primary N) is 1. The molecule has 2 heterocycles. The highest BCUT2D eigenvalue weighted by Crippen LogP contribution is 2.28. The van der Waals surface area contributed by atoms with Crippen molar-refractivity contribution >= 4 is 16.7 Å². The Bertz CT molecular complexity index is 725. The van der Waals surface area contributed by atoms with E-state index in [1.54, 1.807) is 12.5 Å². The fourth-order valence-electron chi connectivity index (χ4n) is 2.31. The van der Waals surface area contributed by atoms with Crippen molar-refractivity contribution in [3.63, 3.8) is 0 Å². The molecule has 0 aliphatic carbocycles. The molecular weight excluding hydrogens is 296 g/mol. The molecule has 0 fully saturated rings. The van der Waals surface area contributed by atoms with Gasteiger partial charge in [-0.25, -0.2) is 0 Å². The molecule has 8 nitrogen and oxygen atoms in total. The Morgan fingerprint density at radius 3 is 2.96 bits per heavy atom. The van der Waals surface area contributed by atoms with Crippen LogP contribution in [-0.4, -0.2) is 46.9 Å². The normalized spacial score (nSPS) is 11.2. The molecule has 1 aromatic carbocycles. The predicted octanol–water partition coefficient (Wildman–Crippen LogP) is 1.78. The van der Waals surface area contributed by atoms with Crippen LogP contribution in [0, 0.1) is 0 Å². The van der Waals surface area contributed by atoms with E-state index >= 15 is 0 Å². The number of hydrogen-bond donors (Lipinski definition) is 3. The number of nitrogens with one attached hydrogen (secondary N) is 2. The number of ether oxygens (including phenoxy) is 1. The maximum absolute atomic E-state index is 5.57. The van der Waals surface area contributed by atoms with Gasteiger partial charge >= 0.3 is 0 Å². The van der Waals surface area contributed by atoms with Crippen molar-refractivity contribution in [3.8, 4) is 11.1 Å². The molecule has 4 N–H and O–H groups in total. The van der Waals surface area contributed by atoms with Crippen LogP contribution in [0.15, 0.2) is 29.1 Å². The van der Waals surface area contributed by atoms with Gasteiger partial charge in [-0.05, 0) is 37.1 Å². The lowest BCUT2D eigenvalue weighted by Gasteiger charge is -2.09. The van der Waals surface area contributed by atoms with Crippen LogP contribution in [0.2, 0.25) is 0 Å². The second kappa shape index (κ2) is 7.70. The van der Waals surface area contributed by atoms with Crippen LogP contribution in [0.3, 0.4) is 0 Å². The van der Waals surface area contributed by atoms with E-state index in [-0.39, 0.29) is 0 Å². The molecule has 0 radical (unpaired) electrons. The highest BCUT2D eigenvalue weighted by molar-refractivity contribution is 5.92. The molecule has 23 heavy (non-hydrogen) atoms. The number of H-pyrrole nitrogens is 1. The molecule has 3 rings (SSSR count). The second-order valence-corrected chi connectivity index (χ2v) is 5.16. The summed E-state index contributed by atoms with van der Waals surface area (Å²) in [4.78, 5) is 0. The van der Waals surface area contributed by atoms with E-state index in [9.17, 15) is 0 Å². The Morgan fingerprint density at radius 1 is 1.17 bits per heavy atom. The van der Waals surface area contributed by atoms with Crippen LogP contribution in [0.25, 0.3) is 22.2 Å². The van der Waals surface area contributed by atoms with E-state index in [1.807, 2.05) is 12.1 Å². The van der Waals surface area contributed by atoms with Crippen LogP contribution < -0.4 is 11.1 Å². The van der Waals surface area contributed by atoms with Gasteiger partial charge in [0.05, 0.1) is 18.5 Å². The van der Waals surface area contributed by atoms with Gasteiger partial charge in [0.25, 0.3) is 0 Å². The summed E-state index contributed by atoms with van der Waals surface area (Å²) in [6.07, 6.45) is 5.26. The minimum atomic E-state index is 0.626. The lowest BCUT2D eigenvalue weighted by Crippen LogP contribution is -2.11. The lowest BCUT2D eigenvalue weighted by molar-refractivity contribution is 0.140. The zero-order valence-electron chi connectivity index (χ0n) is 12.8. The first-order valence-corrected chi connectivity index (χ1v) is 7.64. The van der Waals surface area contributed by atoms with Crippen molar-refractivity contribution in [1.82, 2.24) is 20.6 Å². The van der Waals surface area contributed by atoms with Crippen LogP contribution in [0.5, 0.6) is 0 Å². The zero-order valence-corrected chi connectivity index (χ0v) is 12.8. The van der Waals surface area contributed by atoms with E-state index in [1.165, 1.54) is 0 Å². The van der Waals surface area contributed by atoms with Gasteiger partial charge in [-0.2, -0.15) is 15.4 Å². The molecule has 8 heteroatoms. The largest absolute Gasteiger partial charge is 0.381 e. The number of hydrogen-bond acceptors (Lipinski definition) is 7. The number of aromatic nitrogens is 4. The van der Waals surface area contributed by atoms with E-state index < -0.39 is 0 Å². The number of anilines is 1. The molecule has 0 saturated heterocycles. The van der Waals surface area contributed by atoms with Crippen molar-refractivity contribution < 1.29 is 9.26 Å². The molecule has 0 spiro atoms. The maximum atomic E-state index is 5.57. The minimum absolute atomic E-state index is 0.626. The molecular formula is C15H20N6O2. The Morgan fingerprint density at radius 2 is 2.13 bits per heavy atom. The maximum Gasteiger partial charge on any atom is 0.136 e. The molecule has 0 atom stereocenters. The topological polar surface area (TPSA) is 115 Å². The molecule has 0 aliphatic rings. The van der Waals surface area contributed by atoms with Crippen molar-refractivity contribution in [2.24, 2.45) is 5.73 Å². The summed E-state index contributed by atoms with van der Waals surface area (Å²) in [5, 5.41) is 18.1. The second-order valence-electron chi connectivity index (χ2n) is 5.16.